The van der Waals surface area contributed by atoms with Crippen LogP contribution >= 0.6 is 0 Å². The third-order valence-corrected chi connectivity index (χ3v) is 4.30. The van der Waals surface area contributed by atoms with Crippen molar-refractivity contribution in [3.8, 4) is 11.5 Å². The van der Waals surface area contributed by atoms with Crippen molar-refractivity contribution in [2.75, 3.05) is 40.5 Å². The third kappa shape index (κ3) is 7.12. The van der Waals surface area contributed by atoms with Gasteiger partial charge in [-0.05, 0) is 32.9 Å². The van der Waals surface area contributed by atoms with Crippen molar-refractivity contribution in [3.05, 3.63) is 23.8 Å². The average Bonchev–Trinajstić information content (AvgIpc) is 2.67. The summed E-state index contributed by atoms with van der Waals surface area (Å²) in [5.41, 5.74) is -0.190. The zero-order valence-electron chi connectivity index (χ0n) is 17.9. The number of piperidine rings is 1. The Morgan fingerprint density at radius 1 is 1.10 bits per heavy atom. The van der Waals surface area contributed by atoms with Crippen LogP contribution in [0.15, 0.2) is 18.2 Å². The lowest BCUT2D eigenvalue weighted by molar-refractivity contribution is 0.0125. The molecule has 1 aromatic rings. The predicted molar refractivity (Wildman–Crippen MR) is 107 cm³/mol. The number of nitrogens with zero attached hydrogens (tertiary/aromatic N) is 1. The summed E-state index contributed by atoms with van der Waals surface area (Å²) in [5, 5.41) is 0. The van der Waals surface area contributed by atoms with Crippen molar-refractivity contribution in [2.24, 2.45) is 0 Å². The van der Waals surface area contributed by atoms with Crippen LogP contribution in [0.2, 0.25) is 0 Å². The van der Waals surface area contributed by atoms with E-state index in [0.29, 0.717) is 56.2 Å². The minimum atomic E-state index is -0.525. The Labute approximate surface area is 172 Å². The normalized spacial score (nSPS) is 15.0. The zero-order valence-corrected chi connectivity index (χ0v) is 17.9. The molecule has 1 amide bonds. The number of amides is 1. The van der Waals surface area contributed by atoms with Gasteiger partial charge in [-0.1, -0.05) is 0 Å². The molecule has 1 aliphatic rings. The van der Waals surface area contributed by atoms with E-state index in [9.17, 15) is 9.59 Å². The van der Waals surface area contributed by atoms with Crippen LogP contribution in [0.1, 0.15) is 44.0 Å². The summed E-state index contributed by atoms with van der Waals surface area (Å²) in [4.78, 5) is 26.0. The van der Waals surface area contributed by atoms with Crippen LogP contribution in [0.4, 0.5) is 4.79 Å². The molecule has 8 heteroatoms. The van der Waals surface area contributed by atoms with Gasteiger partial charge < -0.3 is 28.6 Å². The number of methoxy groups -OCH3 is 2. The van der Waals surface area contributed by atoms with Gasteiger partial charge in [0.05, 0.1) is 13.7 Å². The summed E-state index contributed by atoms with van der Waals surface area (Å²) in [6.07, 6.45) is 0.814. The fourth-order valence-electron chi connectivity index (χ4n) is 2.87. The number of rotatable bonds is 7. The number of benzene rings is 1. The molecule has 2 rings (SSSR count). The second kappa shape index (κ2) is 10.3. The van der Waals surface area contributed by atoms with Gasteiger partial charge in [0.25, 0.3) is 0 Å². The molecule has 0 spiro atoms. The zero-order chi connectivity index (χ0) is 21.4. The molecule has 1 fully saturated rings. The maximum Gasteiger partial charge on any atom is 0.410 e. The van der Waals surface area contributed by atoms with Crippen molar-refractivity contribution in [3.63, 3.8) is 0 Å². The first-order chi connectivity index (χ1) is 13.7. The number of hydrogen-bond acceptors (Lipinski definition) is 7. The predicted octanol–water partition coefficient (Wildman–Crippen LogP) is 3.28. The maximum atomic E-state index is 12.2. The van der Waals surface area contributed by atoms with Crippen LogP contribution in [0, 0.1) is 0 Å². The van der Waals surface area contributed by atoms with Gasteiger partial charge in [-0.15, -0.1) is 0 Å². The molecule has 0 saturated carbocycles. The Morgan fingerprint density at radius 2 is 1.79 bits per heavy atom. The Morgan fingerprint density at radius 3 is 2.38 bits per heavy atom. The van der Waals surface area contributed by atoms with Gasteiger partial charge >= 0.3 is 12.1 Å². The van der Waals surface area contributed by atoms with Crippen molar-refractivity contribution >= 4 is 12.1 Å². The molecule has 1 heterocycles. The number of ether oxygens (including phenoxy) is 5. The number of carbonyl (C=O) groups is 2. The van der Waals surface area contributed by atoms with Gasteiger partial charge in [0.1, 0.15) is 35.4 Å². The number of esters is 1. The largest absolute Gasteiger partial charge is 0.491 e. The fourth-order valence-corrected chi connectivity index (χ4v) is 2.87. The maximum absolute atomic E-state index is 12.2. The number of carbonyl (C=O) groups excluding carboxylic acids is 2. The molecule has 1 aliphatic heterocycles. The molecule has 8 nitrogen and oxygen atoms in total. The summed E-state index contributed by atoms with van der Waals surface area (Å²) in [6, 6.07) is 5.00. The van der Waals surface area contributed by atoms with Crippen molar-refractivity contribution in [1.82, 2.24) is 4.90 Å². The second-order valence-corrected chi connectivity index (χ2v) is 7.78. The van der Waals surface area contributed by atoms with E-state index in [-0.39, 0.29) is 12.2 Å². The second-order valence-electron chi connectivity index (χ2n) is 7.78. The molecule has 0 N–H and O–H groups in total. The first-order valence-corrected chi connectivity index (χ1v) is 9.72. The highest BCUT2D eigenvalue weighted by Gasteiger charge is 2.28. The molecule has 0 aromatic heterocycles. The first-order valence-electron chi connectivity index (χ1n) is 9.72. The number of hydrogen-bond donors (Lipinski definition) is 0. The summed E-state index contributed by atoms with van der Waals surface area (Å²) in [7, 11) is 2.93. The summed E-state index contributed by atoms with van der Waals surface area (Å²) < 4.78 is 27.0. The molecular weight excluding hydrogens is 378 g/mol. The Kier molecular flexibility index (Phi) is 8.13. The summed E-state index contributed by atoms with van der Waals surface area (Å²) >= 11 is 0. The van der Waals surface area contributed by atoms with Crippen LogP contribution in [-0.2, 0) is 14.2 Å². The minimum Gasteiger partial charge on any atom is -0.491 e. The quantitative estimate of drug-likeness (QED) is 0.505. The monoisotopic (exact) mass is 409 g/mol. The Bertz CT molecular complexity index is 691. The molecule has 0 bridgehead atoms. The summed E-state index contributed by atoms with van der Waals surface area (Å²) in [5.74, 6) is 0.507. The molecule has 1 saturated heterocycles. The van der Waals surface area contributed by atoms with E-state index in [2.05, 4.69) is 0 Å². The van der Waals surface area contributed by atoms with E-state index in [1.165, 1.54) is 7.11 Å². The Hall–Kier alpha value is -2.48. The highest BCUT2D eigenvalue weighted by molar-refractivity contribution is 5.92. The van der Waals surface area contributed by atoms with Crippen LogP contribution < -0.4 is 9.47 Å². The molecule has 0 radical (unpaired) electrons. The van der Waals surface area contributed by atoms with Gasteiger partial charge in [0.2, 0.25) is 0 Å². The first kappa shape index (κ1) is 22.8. The summed E-state index contributed by atoms with van der Waals surface area (Å²) in [6.45, 7) is 7.43. The standard InChI is InChI=1S/C21H31NO7/c1-21(2,3)29-20(24)22-10-8-15(9-11-22)28-18-14-16(27-13-12-25-4)6-7-17(18)19(23)26-5/h6-7,14-15H,8-13H2,1-5H3. The fraction of sp³-hybridized carbons (Fsp3) is 0.619. The smallest absolute Gasteiger partial charge is 0.410 e. The van der Waals surface area contributed by atoms with Crippen molar-refractivity contribution in [1.29, 1.82) is 0 Å². The lowest BCUT2D eigenvalue weighted by Crippen LogP contribution is -2.44. The van der Waals surface area contributed by atoms with E-state index in [1.54, 1.807) is 30.2 Å². The molecule has 0 aliphatic carbocycles. The van der Waals surface area contributed by atoms with Crippen molar-refractivity contribution in [2.45, 2.75) is 45.3 Å². The lowest BCUT2D eigenvalue weighted by Gasteiger charge is -2.33. The minimum absolute atomic E-state index is 0.133. The lowest BCUT2D eigenvalue weighted by atomic mass is 10.1. The highest BCUT2D eigenvalue weighted by Crippen LogP contribution is 2.29. The molecule has 29 heavy (non-hydrogen) atoms. The van der Waals surface area contributed by atoms with Gasteiger partial charge in [-0.25, -0.2) is 9.59 Å². The molecule has 0 atom stereocenters. The SMILES string of the molecule is COCCOc1ccc(C(=O)OC)c(OC2CCN(C(=O)OC(C)(C)C)CC2)c1. The molecule has 0 unspecified atom stereocenters. The van der Waals surface area contributed by atoms with Crippen LogP contribution in [0.5, 0.6) is 11.5 Å². The van der Waals surface area contributed by atoms with E-state index in [1.807, 2.05) is 20.8 Å². The Balaban J connectivity index is 2.02. The van der Waals surface area contributed by atoms with E-state index in [0.717, 1.165) is 0 Å². The topological polar surface area (TPSA) is 83.5 Å². The number of likely N-dealkylation sites (tertiary alicyclic amines) is 1. The van der Waals surface area contributed by atoms with Crippen LogP contribution in [-0.4, -0.2) is 69.2 Å². The van der Waals surface area contributed by atoms with Gasteiger partial charge in [0, 0.05) is 39.1 Å². The van der Waals surface area contributed by atoms with Gasteiger partial charge in [-0.3, -0.25) is 0 Å². The molecule has 1 aromatic carbocycles. The molecule has 162 valence electrons. The van der Waals surface area contributed by atoms with E-state index >= 15 is 0 Å². The third-order valence-electron chi connectivity index (χ3n) is 4.30. The van der Waals surface area contributed by atoms with Gasteiger partial charge in [0.15, 0.2) is 0 Å². The molecular formula is C21H31NO7. The van der Waals surface area contributed by atoms with E-state index < -0.39 is 11.6 Å². The highest BCUT2D eigenvalue weighted by atomic mass is 16.6. The van der Waals surface area contributed by atoms with Crippen molar-refractivity contribution < 1.29 is 33.3 Å². The average molecular weight is 409 g/mol. The van der Waals surface area contributed by atoms with Crippen LogP contribution in [0.25, 0.3) is 0 Å². The van der Waals surface area contributed by atoms with Crippen LogP contribution in [0.3, 0.4) is 0 Å². The van der Waals surface area contributed by atoms with E-state index in [4.69, 9.17) is 23.7 Å². The van der Waals surface area contributed by atoms with Gasteiger partial charge in [-0.2, -0.15) is 0 Å².